The van der Waals surface area contributed by atoms with Gasteiger partial charge in [-0.3, -0.25) is 19.3 Å². The Kier molecular flexibility index (Phi) is 10.6. The molecule has 2 aromatic carbocycles. The topological polar surface area (TPSA) is 112 Å². The summed E-state index contributed by atoms with van der Waals surface area (Å²) in [7, 11) is 1.54. The monoisotopic (exact) mass is 634 g/mol. The Bertz CT molecular complexity index is 1530. The quantitative estimate of drug-likeness (QED) is 0.262. The molecule has 0 aliphatic heterocycles. The van der Waals surface area contributed by atoms with Crippen LogP contribution in [0.15, 0.2) is 48.5 Å². The molecule has 5 rings (SSSR count). The van der Waals surface area contributed by atoms with Crippen molar-refractivity contribution in [1.82, 2.24) is 5.32 Å². The van der Waals surface area contributed by atoms with Crippen LogP contribution in [0.5, 0.6) is 5.75 Å². The van der Waals surface area contributed by atoms with E-state index in [-0.39, 0.29) is 35.3 Å². The second-order valence-corrected chi connectivity index (χ2v) is 13.1. The lowest BCUT2D eigenvalue weighted by atomic mass is 9.96. The maximum Gasteiger partial charge on any atom is 0.248 e. The number of rotatable bonds is 11. The summed E-state index contributed by atoms with van der Waals surface area (Å²) in [5.41, 5.74) is 2.53. The third kappa shape index (κ3) is 7.42. The molecule has 8 nitrogen and oxygen atoms in total. The van der Waals surface area contributed by atoms with Crippen molar-refractivity contribution in [2.45, 2.75) is 63.5 Å². The highest BCUT2D eigenvalue weighted by molar-refractivity contribution is 8.00. The molecule has 3 amide bonds. The van der Waals surface area contributed by atoms with E-state index in [4.69, 9.17) is 4.74 Å². The largest absolute Gasteiger partial charge is 0.497 e. The van der Waals surface area contributed by atoms with E-state index in [1.165, 1.54) is 40.5 Å². The molecule has 1 heterocycles. The van der Waals surface area contributed by atoms with E-state index in [1.54, 1.807) is 31.4 Å². The van der Waals surface area contributed by atoms with Crippen molar-refractivity contribution in [2.24, 2.45) is 0 Å². The van der Waals surface area contributed by atoms with Gasteiger partial charge in [0.15, 0.2) is 0 Å². The average molecular weight is 635 g/mol. The molecule has 0 spiro atoms. The first-order valence-electron chi connectivity index (χ1n) is 14.8. The number of methoxy groups -OCH3 is 1. The molecule has 1 aromatic heterocycles. The van der Waals surface area contributed by atoms with Crippen molar-refractivity contribution in [3.05, 3.63) is 75.9 Å². The first-order valence-corrected chi connectivity index (χ1v) is 16.8. The van der Waals surface area contributed by atoms with Gasteiger partial charge in [-0.25, -0.2) is 4.39 Å². The minimum atomic E-state index is -1.05. The Balaban J connectivity index is 1.35. The Morgan fingerprint density at radius 1 is 1.05 bits per heavy atom. The van der Waals surface area contributed by atoms with Crippen LogP contribution in [0.1, 0.15) is 66.1 Å². The summed E-state index contributed by atoms with van der Waals surface area (Å²) in [6.07, 6.45) is 7.65. The van der Waals surface area contributed by atoms with Crippen molar-refractivity contribution in [2.75, 3.05) is 28.8 Å². The minimum Gasteiger partial charge on any atom is -0.497 e. The van der Waals surface area contributed by atoms with E-state index in [1.807, 2.05) is 0 Å². The Labute approximate surface area is 265 Å². The van der Waals surface area contributed by atoms with Crippen LogP contribution < -0.4 is 20.3 Å². The number of fused-ring (bicyclic) bond motifs is 1. The van der Waals surface area contributed by atoms with Crippen LogP contribution in [0.25, 0.3) is 0 Å². The number of aryl methyl sites for hydroxylation is 1. The molecule has 44 heavy (non-hydrogen) atoms. The third-order valence-electron chi connectivity index (χ3n) is 8.01. The maximum atomic E-state index is 13.9. The number of ether oxygens (including phenoxy) is 1. The van der Waals surface area contributed by atoms with Crippen molar-refractivity contribution < 1.29 is 23.5 Å². The van der Waals surface area contributed by atoms with Gasteiger partial charge in [0.1, 0.15) is 28.7 Å². The van der Waals surface area contributed by atoms with Crippen molar-refractivity contribution in [3.63, 3.8) is 0 Å². The fraction of sp³-hybridized carbons (Fsp3) is 0.394. The molecular weight excluding hydrogens is 600 g/mol. The molecule has 2 aliphatic rings. The fourth-order valence-electron chi connectivity index (χ4n) is 5.83. The van der Waals surface area contributed by atoms with Gasteiger partial charge in [-0.2, -0.15) is 5.26 Å². The van der Waals surface area contributed by atoms with Gasteiger partial charge in [-0.1, -0.05) is 25.0 Å². The molecule has 3 aromatic rings. The van der Waals surface area contributed by atoms with Gasteiger partial charge < -0.3 is 15.4 Å². The zero-order valence-electron chi connectivity index (χ0n) is 24.6. The number of nitrogens with zero attached hydrogens (tertiary/aromatic N) is 2. The maximum absolute atomic E-state index is 13.9. The predicted octanol–water partition coefficient (Wildman–Crippen LogP) is 6.15. The van der Waals surface area contributed by atoms with Gasteiger partial charge in [0.2, 0.25) is 17.7 Å². The van der Waals surface area contributed by atoms with E-state index in [2.05, 4.69) is 16.7 Å². The van der Waals surface area contributed by atoms with Gasteiger partial charge in [0.05, 0.1) is 24.2 Å². The summed E-state index contributed by atoms with van der Waals surface area (Å²) in [4.78, 5) is 43.3. The molecule has 0 saturated heterocycles. The second kappa shape index (κ2) is 14.7. The number of halogens is 1. The van der Waals surface area contributed by atoms with Gasteiger partial charge >= 0.3 is 0 Å². The number of anilines is 2. The number of hydrogen-bond donors (Lipinski definition) is 2. The molecule has 1 saturated carbocycles. The van der Waals surface area contributed by atoms with Crippen LogP contribution in [0, 0.1) is 17.1 Å². The number of benzene rings is 2. The molecule has 11 heteroatoms. The summed E-state index contributed by atoms with van der Waals surface area (Å²) < 4.78 is 19.2. The Morgan fingerprint density at radius 2 is 1.75 bits per heavy atom. The number of hydrogen-bond acceptors (Lipinski definition) is 7. The van der Waals surface area contributed by atoms with Crippen molar-refractivity contribution >= 4 is 51.5 Å². The number of amides is 3. The number of nitriles is 1. The highest BCUT2D eigenvalue weighted by Crippen LogP contribution is 2.38. The van der Waals surface area contributed by atoms with E-state index in [0.29, 0.717) is 27.6 Å². The first kappa shape index (κ1) is 31.5. The van der Waals surface area contributed by atoms with Crippen LogP contribution in [-0.2, 0) is 27.2 Å². The number of thioether (sulfide) groups is 1. The lowest BCUT2D eigenvalue weighted by Crippen LogP contribution is -2.47. The zero-order valence-corrected chi connectivity index (χ0v) is 26.2. The summed E-state index contributed by atoms with van der Waals surface area (Å²) in [6.45, 7) is 0. The minimum absolute atomic E-state index is 0.00882. The molecule has 2 N–H and O–H groups in total. The van der Waals surface area contributed by atoms with E-state index >= 15 is 0 Å². The fourth-order valence-corrected chi connectivity index (χ4v) is 7.76. The lowest BCUT2D eigenvalue weighted by Gasteiger charge is -2.32. The van der Waals surface area contributed by atoms with Gasteiger partial charge in [-0.05, 0) is 86.1 Å². The van der Waals surface area contributed by atoms with E-state index in [9.17, 15) is 24.0 Å². The van der Waals surface area contributed by atoms with Gasteiger partial charge in [-0.15, -0.1) is 23.1 Å². The highest BCUT2D eigenvalue weighted by Gasteiger charge is 2.34. The second-order valence-electron chi connectivity index (χ2n) is 11.0. The van der Waals surface area contributed by atoms with Crippen LogP contribution in [-0.4, -0.2) is 42.4 Å². The molecule has 1 fully saturated rings. The normalized spacial score (nSPS) is 15.1. The van der Waals surface area contributed by atoms with E-state index in [0.717, 1.165) is 73.6 Å². The van der Waals surface area contributed by atoms with Crippen molar-refractivity contribution in [3.8, 4) is 11.8 Å². The molecule has 2 aliphatic carbocycles. The number of carbonyl (C=O) groups excluding carboxylic acids is 3. The zero-order chi connectivity index (χ0) is 31.1. The lowest BCUT2D eigenvalue weighted by molar-refractivity contribution is -0.126. The number of carbonyl (C=O) groups is 3. The predicted molar refractivity (Wildman–Crippen MR) is 172 cm³/mol. The Hall–Kier alpha value is -3.88. The molecule has 0 bridgehead atoms. The summed E-state index contributed by atoms with van der Waals surface area (Å²) in [5, 5.41) is 16.3. The van der Waals surface area contributed by atoms with Crippen LogP contribution in [0.2, 0.25) is 0 Å². The third-order valence-corrected chi connectivity index (χ3v) is 10.1. The van der Waals surface area contributed by atoms with E-state index < -0.39 is 11.9 Å². The van der Waals surface area contributed by atoms with Crippen LogP contribution in [0.3, 0.4) is 0 Å². The highest BCUT2D eigenvalue weighted by atomic mass is 32.2. The first-order chi connectivity index (χ1) is 21.4. The van der Waals surface area contributed by atoms with Gasteiger partial charge in [0.25, 0.3) is 0 Å². The molecule has 1 atom stereocenters. The SMILES string of the molecule is COc1ccc(N(C(=O)CSCC(=O)Nc2sc3c(c2C#N)CCCC3)C(C(=O)NC2CCCC2)c2ccc(F)cc2)cc1. The summed E-state index contributed by atoms with van der Waals surface area (Å²) in [5.74, 6) is -0.978. The summed E-state index contributed by atoms with van der Waals surface area (Å²) >= 11 is 2.59. The smallest absolute Gasteiger partial charge is 0.248 e. The number of nitrogens with one attached hydrogen (secondary N) is 2. The standard InChI is InChI=1S/C33H35FN4O4S2/c1-42-25-16-14-24(15-17-25)38(31(21-10-12-22(34)13-11-21)32(41)36-23-6-2-3-7-23)30(40)20-43-19-29(39)37-33-27(18-35)26-8-4-5-9-28(26)44-33/h10-17,23,31H,2-9,19-20H2,1H3,(H,36,41)(H,37,39). The molecular formula is C33H35FN4O4S2. The average Bonchev–Trinajstić information content (AvgIpc) is 3.67. The van der Waals surface area contributed by atoms with Gasteiger partial charge in [0, 0.05) is 16.6 Å². The molecule has 1 unspecified atom stereocenters. The molecule has 0 radical (unpaired) electrons. The van der Waals surface area contributed by atoms with Crippen molar-refractivity contribution in [1.29, 1.82) is 5.26 Å². The number of thiophene rings is 1. The van der Waals surface area contributed by atoms with Crippen LogP contribution in [0.4, 0.5) is 15.1 Å². The summed E-state index contributed by atoms with van der Waals surface area (Å²) in [6, 6.07) is 13.6. The molecule has 230 valence electrons. The Morgan fingerprint density at radius 3 is 2.43 bits per heavy atom. The van der Waals surface area contributed by atoms with Crippen LogP contribution >= 0.6 is 23.1 Å².